The summed E-state index contributed by atoms with van der Waals surface area (Å²) in [6.45, 7) is 0. The van der Waals surface area contributed by atoms with Crippen molar-refractivity contribution in [3.63, 3.8) is 0 Å². The van der Waals surface area contributed by atoms with E-state index in [1.165, 1.54) is 24.3 Å². The Labute approximate surface area is 115 Å². The summed E-state index contributed by atoms with van der Waals surface area (Å²) in [6, 6.07) is 10.9. The number of hydrogen-bond acceptors (Lipinski definition) is 4. The SMILES string of the molecule is NC(=O)c1ccc(N)c(Oc2ccccc2C(N)=O)c1. The molecule has 2 amide bonds. The number of hydrogen-bond donors (Lipinski definition) is 3. The lowest BCUT2D eigenvalue weighted by Crippen LogP contribution is -2.13. The van der Waals surface area contributed by atoms with Crippen LogP contribution >= 0.6 is 0 Å². The molecule has 0 aliphatic heterocycles. The Bertz CT molecular complexity index is 683. The van der Waals surface area contributed by atoms with Gasteiger partial charge in [0.05, 0.1) is 11.3 Å². The number of carbonyl (C=O) groups is 2. The largest absolute Gasteiger partial charge is 0.454 e. The molecule has 0 radical (unpaired) electrons. The number of nitrogens with two attached hydrogens (primary N) is 3. The lowest BCUT2D eigenvalue weighted by Gasteiger charge is -2.11. The number of ether oxygens (including phenoxy) is 1. The number of primary amides is 2. The third-order valence-corrected chi connectivity index (χ3v) is 2.67. The van der Waals surface area contributed by atoms with E-state index in [9.17, 15) is 9.59 Å². The van der Waals surface area contributed by atoms with Gasteiger partial charge in [0.1, 0.15) is 5.75 Å². The zero-order chi connectivity index (χ0) is 14.7. The molecule has 0 bridgehead atoms. The molecule has 2 rings (SSSR count). The molecule has 0 atom stereocenters. The van der Waals surface area contributed by atoms with Crippen LogP contribution < -0.4 is 21.9 Å². The summed E-state index contributed by atoms with van der Waals surface area (Å²) in [5.74, 6) is -0.730. The van der Waals surface area contributed by atoms with Gasteiger partial charge >= 0.3 is 0 Å². The van der Waals surface area contributed by atoms with Gasteiger partial charge in [0.15, 0.2) is 5.75 Å². The van der Waals surface area contributed by atoms with Gasteiger partial charge in [0.25, 0.3) is 5.91 Å². The van der Waals surface area contributed by atoms with Gasteiger partial charge < -0.3 is 21.9 Å². The monoisotopic (exact) mass is 271 g/mol. The Morgan fingerprint density at radius 2 is 1.60 bits per heavy atom. The van der Waals surface area contributed by atoms with Crippen LogP contribution in [0.1, 0.15) is 20.7 Å². The highest BCUT2D eigenvalue weighted by Gasteiger charge is 2.12. The topological polar surface area (TPSA) is 121 Å². The number of amides is 2. The zero-order valence-electron chi connectivity index (χ0n) is 10.5. The number of para-hydroxylation sites is 1. The van der Waals surface area contributed by atoms with Gasteiger partial charge in [-0.3, -0.25) is 9.59 Å². The first-order valence-corrected chi connectivity index (χ1v) is 5.75. The zero-order valence-corrected chi connectivity index (χ0v) is 10.5. The predicted molar refractivity (Wildman–Crippen MR) is 74.4 cm³/mol. The van der Waals surface area contributed by atoms with Gasteiger partial charge in [-0.15, -0.1) is 0 Å². The first-order valence-electron chi connectivity index (χ1n) is 5.75. The minimum atomic E-state index is -0.620. The Morgan fingerprint density at radius 1 is 0.900 bits per heavy atom. The van der Waals surface area contributed by atoms with E-state index in [4.69, 9.17) is 21.9 Å². The fourth-order valence-electron chi connectivity index (χ4n) is 1.65. The minimum Gasteiger partial charge on any atom is -0.454 e. The molecule has 0 saturated carbocycles. The number of nitrogen functional groups attached to an aromatic ring is 1. The van der Waals surface area contributed by atoms with Crippen LogP contribution in [0.3, 0.4) is 0 Å². The molecule has 0 fully saturated rings. The molecule has 6 heteroatoms. The van der Waals surface area contributed by atoms with Crippen LogP contribution in [-0.4, -0.2) is 11.8 Å². The third-order valence-electron chi connectivity index (χ3n) is 2.67. The van der Waals surface area contributed by atoms with Crippen LogP contribution in [0.25, 0.3) is 0 Å². The van der Waals surface area contributed by atoms with Gasteiger partial charge in [-0.1, -0.05) is 12.1 Å². The summed E-state index contributed by atoms with van der Waals surface area (Å²) >= 11 is 0. The first kappa shape index (κ1) is 13.4. The normalized spacial score (nSPS) is 10.0. The Balaban J connectivity index is 2.42. The Kier molecular flexibility index (Phi) is 3.56. The molecule has 0 aliphatic rings. The average Bonchev–Trinajstić information content (AvgIpc) is 2.41. The third kappa shape index (κ3) is 2.69. The summed E-state index contributed by atoms with van der Waals surface area (Å²) in [4.78, 5) is 22.5. The fourth-order valence-corrected chi connectivity index (χ4v) is 1.65. The van der Waals surface area contributed by atoms with Crippen molar-refractivity contribution < 1.29 is 14.3 Å². The molecule has 6 nitrogen and oxygen atoms in total. The number of anilines is 1. The molecule has 0 unspecified atom stereocenters. The number of rotatable bonds is 4. The molecule has 0 saturated heterocycles. The van der Waals surface area contributed by atoms with Gasteiger partial charge in [-0.25, -0.2) is 0 Å². The smallest absolute Gasteiger partial charge is 0.252 e. The van der Waals surface area contributed by atoms with E-state index in [1.54, 1.807) is 18.2 Å². The second kappa shape index (κ2) is 5.31. The Hall–Kier alpha value is -3.02. The summed E-state index contributed by atoms with van der Waals surface area (Å²) < 4.78 is 5.56. The molecule has 20 heavy (non-hydrogen) atoms. The summed E-state index contributed by atoms with van der Waals surface area (Å²) in [7, 11) is 0. The van der Waals surface area contributed by atoms with Gasteiger partial charge in [-0.05, 0) is 30.3 Å². The van der Waals surface area contributed by atoms with Crippen molar-refractivity contribution >= 4 is 17.5 Å². The van der Waals surface area contributed by atoms with Crippen molar-refractivity contribution in [2.75, 3.05) is 5.73 Å². The van der Waals surface area contributed by atoms with E-state index in [0.717, 1.165) is 0 Å². The predicted octanol–water partition coefficient (Wildman–Crippen LogP) is 1.26. The van der Waals surface area contributed by atoms with Crippen LogP contribution in [0.15, 0.2) is 42.5 Å². The standard InChI is InChI=1S/C14H13N3O3/c15-10-6-5-8(13(16)18)7-12(10)20-11-4-2-1-3-9(11)14(17)19/h1-7H,15H2,(H2,16,18)(H2,17,19). The molecular weight excluding hydrogens is 258 g/mol. The molecular formula is C14H13N3O3. The molecule has 102 valence electrons. The van der Waals surface area contributed by atoms with Crippen molar-refractivity contribution in [2.45, 2.75) is 0 Å². The van der Waals surface area contributed by atoms with Crippen molar-refractivity contribution in [3.8, 4) is 11.5 Å². The molecule has 0 spiro atoms. The summed E-state index contributed by atoms with van der Waals surface area (Å²) in [5.41, 5.74) is 17.0. The van der Waals surface area contributed by atoms with Crippen LogP contribution in [-0.2, 0) is 0 Å². The molecule has 2 aromatic carbocycles. The maximum absolute atomic E-state index is 11.3. The molecule has 0 aliphatic carbocycles. The fraction of sp³-hybridized carbons (Fsp3) is 0. The van der Waals surface area contributed by atoms with Gasteiger partial charge in [0, 0.05) is 5.56 Å². The quantitative estimate of drug-likeness (QED) is 0.724. The minimum absolute atomic E-state index is 0.219. The van der Waals surface area contributed by atoms with E-state index in [2.05, 4.69) is 0 Å². The highest BCUT2D eigenvalue weighted by molar-refractivity contribution is 5.96. The highest BCUT2D eigenvalue weighted by atomic mass is 16.5. The molecule has 2 aromatic rings. The summed E-state index contributed by atoms with van der Waals surface area (Å²) in [6.07, 6.45) is 0. The second-order valence-corrected chi connectivity index (χ2v) is 4.08. The van der Waals surface area contributed by atoms with Crippen molar-refractivity contribution in [2.24, 2.45) is 11.5 Å². The molecule has 0 aromatic heterocycles. The lowest BCUT2D eigenvalue weighted by atomic mass is 10.1. The first-order chi connectivity index (χ1) is 9.49. The number of carbonyl (C=O) groups excluding carboxylic acids is 2. The van der Waals surface area contributed by atoms with Crippen LogP contribution in [0, 0.1) is 0 Å². The maximum atomic E-state index is 11.3. The van der Waals surface area contributed by atoms with Gasteiger partial charge in [0.2, 0.25) is 5.91 Å². The van der Waals surface area contributed by atoms with Crippen LogP contribution in [0.2, 0.25) is 0 Å². The van der Waals surface area contributed by atoms with E-state index >= 15 is 0 Å². The van der Waals surface area contributed by atoms with Crippen molar-refractivity contribution in [1.29, 1.82) is 0 Å². The van der Waals surface area contributed by atoms with Crippen molar-refractivity contribution in [1.82, 2.24) is 0 Å². The van der Waals surface area contributed by atoms with E-state index < -0.39 is 11.8 Å². The summed E-state index contributed by atoms with van der Waals surface area (Å²) in [5, 5.41) is 0. The molecule has 6 N–H and O–H groups in total. The van der Waals surface area contributed by atoms with Gasteiger partial charge in [-0.2, -0.15) is 0 Å². The van der Waals surface area contributed by atoms with Crippen LogP contribution in [0.5, 0.6) is 11.5 Å². The second-order valence-electron chi connectivity index (χ2n) is 4.08. The van der Waals surface area contributed by atoms with Crippen molar-refractivity contribution in [3.05, 3.63) is 53.6 Å². The van der Waals surface area contributed by atoms with E-state index in [0.29, 0.717) is 5.69 Å². The maximum Gasteiger partial charge on any atom is 0.252 e. The van der Waals surface area contributed by atoms with Crippen LogP contribution in [0.4, 0.5) is 5.69 Å². The highest BCUT2D eigenvalue weighted by Crippen LogP contribution is 2.30. The molecule has 0 heterocycles. The van der Waals surface area contributed by atoms with E-state index in [1.807, 2.05) is 0 Å². The lowest BCUT2D eigenvalue weighted by molar-refractivity contribution is 0.0989. The number of benzene rings is 2. The van der Waals surface area contributed by atoms with E-state index in [-0.39, 0.29) is 22.6 Å². The Morgan fingerprint density at radius 3 is 2.25 bits per heavy atom. The average molecular weight is 271 g/mol.